The number of phenols is 1. The van der Waals surface area contributed by atoms with Crippen LogP contribution >= 0.6 is 11.6 Å². The molecule has 1 N–H and O–H groups in total. The SMILES string of the molecule is Oc1ccc(Cc2nnc3ncc(-c4ccc(F)cc4)nn23)cc1Cl. The molecular formula is C17H11ClFN5O. The van der Waals surface area contributed by atoms with Crippen LogP contribution in [0.25, 0.3) is 17.0 Å². The van der Waals surface area contributed by atoms with Gasteiger partial charge in [-0.15, -0.1) is 10.2 Å². The third kappa shape index (κ3) is 3.01. The van der Waals surface area contributed by atoms with Gasteiger partial charge in [-0.3, -0.25) is 0 Å². The molecule has 2 heterocycles. The molecule has 124 valence electrons. The number of hydrogen-bond acceptors (Lipinski definition) is 5. The van der Waals surface area contributed by atoms with Crippen molar-refractivity contribution < 1.29 is 9.50 Å². The van der Waals surface area contributed by atoms with Crippen molar-refractivity contribution in [2.75, 3.05) is 0 Å². The van der Waals surface area contributed by atoms with Crippen molar-refractivity contribution in [1.82, 2.24) is 24.8 Å². The summed E-state index contributed by atoms with van der Waals surface area (Å²) in [6.45, 7) is 0. The van der Waals surface area contributed by atoms with Gasteiger partial charge >= 0.3 is 0 Å². The maximum atomic E-state index is 13.1. The van der Waals surface area contributed by atoms with Gasteiger partial charge in [0.15, 0.2) is 5.82 Å². The summed E-state index contributed by atoms with van der Waals surface area (Å²) in [6, 6.07) is 10.9. The number of rotatable bonds is 3. The minimum atomic E-state index is -0.313. The predicted octanol–water partition coefficient (Wildman–Crippen LogP) is 3.28. The molecule has 4 rings (SSSR count). The van der Waals surface area contributed by atoms with Crippen molar-refractivity contribution in [3.63, 3.8) is 0 Å². The molecule has 8 heteroatoms. The molecule has 0 saturated heterocycles. The molecule has 0 amide bonds. The number of aromatic hydroxyl groups is 1. The van der Waals surface area contributed by atoms with E-state index in [1.54, 1.807) is 35.0 Å². The lowest BCUT2D eigenvalue weighted by Gasteiger charge is -2.04. The zero-order valence-corrected chi connectivity index (χ0v) is 13.5. The van der Waals surface area contributed by atoms with Gasteiger partial charge in [0.05, 0.1) is 11.2 Å². The fraction of sp³-hybridized carbons (Fsp3) is 0.0588. The molecule has 25 heavy (non-hydrogen) atoms. The Morgan fingerprint density at radius 1 is 1.08 bits per heavy atom. The van der Waals surface area contributed by atoms with E-state index in [9.17, 15) is 9.50 Å². The standard InChI is InChI=1S/C17H11ClFN5O/c18-13-7-10(1-6-15(13)25)8-16-21-22-17-20-9-14(23-24(16)17)11-2-4-12(19)5-3-11/h1-7,9,25H,8H2. The smallest absolute Gasteiger partial charge is 0.271 e. The van der Waals surface area contributed by atoms with Gasteiger partial charge in [0.1, 0.15) is 17.3 Å². The van der Waals surface area contributed by atoms with Gasteiger partial charge in [-0.2, -0.15) is 9.61 Å². The number of aromatic nitrogens is 5. The van der Waals surface area contributed by atoms with Crippen LogP contribution < -0.4 is 0 Å². The minimum Gasteiger partial charge on any atom is -0.506 e. The third-order valence-corrected chi connectivity index (χ3v) is 4.02. The maximum absolute atomic E-state index is 13.1. The van der Waals surface area contributed by atoms with Gasteiger partial charge in [0.25, 0.3) is 5.78 Å². The lowest BCUT2D eigenvalue weighted by molar-refractivity contribution is 0.475. The first-order chi connectivity index (χ1) is 12.1. The number of phenolic OH excluding ortho intramolecular Hbond substituents is 1. The Morgan fingerprint density at radius 3 is 2.64 bits per heavy atom. The highest BCUT2D eigenvalue weighted by Gasteiger charge is 2.11. The molecule has 0 aliphatic carbocycles. The van der Waals surface area contributed by atoms with Gasteiger partial charge in [0.2, 0.25) is 0 Å². The van der Waals surface area contributed by atoms with E-state index in [1.165, 1.54) is 18.2 Å². The Labute approximate surface area is 146 Å². The van der Waals surface area contributed by atoms with Crippen LogP contribution in [0.1, 0.15) is 11.4 Å². The Morgan fingerprint density at radius 2 is 1.88 bits per heavy atom. The van der Waals surface area contributed by atoms with Crippen molar-refractivity contribution in [2.24, 2.45) is 0 Å². The third-order valence-electron chi connectivity index (χ3n) is 3.71. The Bertz CT molecular complexity index is 1060. The van der Waals surface area contributed by atoms with Gasteiger partial charge in [-0.1, -0.05) is 17.7 Å². The lowest BCUT2D eigenvalue weighted by atomic mass is 10.1. The molecular weight excluding hydrogens is 345 g/mol. The Hall–Kier alpha value is -3.06. The number of halogens is 2. The van der Waals surface area contributed by atoms with Crippen LogP contribution in [0.5, 0.6) is 5.75 Å². The number of benzene rings is 2. The molecule has 0 unspecified atom stereocenters. The summed E-state index contributed by atoms with van der Waals surface area (Å²) in [4.78, 5) is 4.24. The monoisotopic (exact) mass is 355 g/mol. The molecule has 0 aliphatic heterocycles. The summed E-state index contributed by atoms with van der Waals surface area (Å²) in [5.74, 6) is 0.654. The first-order valence-electron chi connectivity index (χ1n) is 7.41. The number of fused-ring (bicyclic) bond motifs is 1. The second-order valence-corrected chi connectivity index (χ2v) is 5.85. The Balaban J connectivity index is 1.73. The van der Waals surface area contributed by atoms with Crippen LogP contribution in [0.2, 0.25) is 5.02 Å². The van der Waals surface area contributed by atoms with Crippen LogP contribution in [0.3, 0.4) is 0 Å². The van der Waals surface area contributed by atoms with Crippen LogP contribution in [-0.2, 0) is 6.42 Å². The minimum absolute atomic E-state index is 0.0231. The average Bonchev–Trinajstić information content (AvgIpc) is 3.01. The molecule has 0 saturated carbocycles. The molecule has 4 aromatic rings. The fourth-order valence-corrected chi connectivity index (χ4v) is 2.65. The summed E-state index contributed by atoms with van der Waals surface area (Å²) in [5, 5.41) is 22.4. The highest BCUT2D eigenvalue weighted by atomic mass is 35.5. The van der Waals surface area contributed by atoms with Gasteiger partial charge in [-0.25, -0.2) is 9.37 Å². The normalized spacial score (nSPS) is 11.1. The van der Waals surface area contributed by atoms with Crippen LogP contribution in [0.15, 0.2) is 48.7 Å². The predicted molar refractivity (Wildman–Crippen MR) is 89.9 cm³/mol. The second-order valence-electron chi connectivity index (χ2n) is 5.44. The van der Waals surface area contributed by atoms with Gasteiger partial charge < -0.3 is 5.11 Å². The van der Waals surface area contributed by atoms with E-state index in [4.69, 9.17) is 11.6 Å². The maximum Gasteiger partial charge on any atom is 0.271 e. The number of hydrogen-bond donors (Lipinski definition) is 1. The molecule has 2 aromatic carbocycles. The first-order valence-corrected chi connectivity index (χ1v) is 7.78. The van der Waals surface area contributed by atoms with E-state index in [2.05, 4.69) is 20.3 Å². The summed E-state index contributed by atoms with van der Waals surface area (Å²) in [6.07, 6.45) is 1.99. The van der Waals surface area contributed by atoms with E-state index in [1.807, 2.05) is 0 Å². The molecule has 0 bridgehead atoms. The van der Waals surface area contributed by atoms with Crippen molar-refractivity contribution in [3.8, 4) is 17.0 Å². The molecule has 0 fully saturated rings. The molecule has 0 aliphatic rings. The molecule has 0 atom stereocenters. The van der Waals surface area contributed by atoms with Crippen molar-refractivity contribution in [2.45, 2.75) is 6.42 Å². The number of nitrogens with zero attached hydrogens (tertiary/aromatic N) is 5. The first kappa shape index (κ1) is 15.5. The highest BCUT2D eigenvalue weighted by molar-refractivity contribution is 6.32. The van der Waals surface area contributed by atoms with Crippen molar-refractivity contribution in [1.29, 1.82) is 0 Å². The molecule has 0 radical (unpaired) electrons. The molecule has 6 nitrogen and oxygen atoms in total. The van der Waals surface area contributed by atoms with E-state index >= 15 is 0 Å². The summed E-state index contributed by atoms with van der Waals surface area (Å²) in [7, 11) is 0. The molecule has 0 spiro atoms. The Kier molecular flexibility index (Phi) is 3.77. The summed E-state index contributed by atoms with van der Waals surface area (Å²) >= 11 is 5.94. The second kappa shape index (κ2) is 6.10. The van der Waals surface area contributed by atoms with Crippen LogP contribution in [0, 0.1) is 5.82 Å². The average molecular weight is 356 g/mol. The van der Waals surface area contributed by atoms with Gasteiger partial charge in [-0.05, 0) is 42.0 Å². The van der Waals surface area contributed by atoms with Crippen molar-refractivity contribution in [3.05, 3.63) is 70.9 Å². The van der Waals surface area contributed by atoms with E-state index < -0.39 is 0 Å². The fourth-order valence-electron chi connectivity index (χ4n) is 2.44. The van der Waals surface area contributed by atoms with E-state index in [-0.39, 0.29) is 16.6 Å². The summed E-state index contributed by atoms with van der Waals surface area (Å²) < 4.78 is 14.6. The highest BCUT2D eigenvalue weighted by Crippen LogP contribution is 2.24. The lowest BCUT2D eigenvalue weighted by Crippen LogP contribution is -2.03. The van der Waals surface area contributed by atoms with E-state index in [0.717, 1.165) is 11.1 Å². The van der Waals surface area contributed by atoms with E-state index in [0.29, 0.717) is 23.7 Å². The van der Waals surface area contributed by atoms with Crippen LogP contribution in [0.4, 0.5) is 4.39 Å². The zero-order chi connectivity index (χ0) is 17.4. The topological polar surface area (TPSA) is 76.2 Å². The summed E-state index contributed by atoms with van der Waals surface area (Å²) in [5.41, 5.74) is 2.17. The van der Waals surface area contributed by atoms with Gasteiger partial charge in [0, 0.05) is 12.0 Å². The quantitative estimate of drug-likeness (QED) is 0.610. The van der Waals surface area contributed by atoms with Crippen LogP contribution in [-0.4, -0.2) is 29.9 Å². The largest absolute Gasteiger partial charge is 0.506 e. The zero-order valence-electron chi connectivity index (χ0n) is 12.8. The van der Waals surface area contributed by atoms with Crippen molar-refractivity contribution >= 4 is 17.4 Å². The molecule has 2 aromatic heterocycles.